The minimum Gasteiger partial charge on any atom is -0.381 e. The van der Waals surface area contributed by atoms with Crippen molar-refractivity contribution < 1.29 is 28.4 Å². The summed E-state index contributed by atoms with van der Waals surface area (Å²) in [6, 6.07) is 29.8. The summed E-state index contributed by atoms with van der Waals surface area (Å²) in [5, 5.41) is 11.0. The second-order valence-electron chi connectivity index (χ2n) is 8.05. The molecule has 0 bridgehead atoms. The van der Waals surface area contributed by atoms with Gasteiger partial charge in [0.05, 0.1) is 26.4 Å². The van der Waals surface area contributed by atoms with E-state index in [1.54, 1.807) is 0 Å². The average molecular weight is 493 g/mol. The lowest BCUT2D eigenvalue weighted by atomic mass is 10.1. The van der Waals surface area contributed by atoms with Gasteiger partial charge in [0.25, 0.3) is 0 Å². The SMILES string of the molecule is CO[P@]1O[C@H](COCc2ccccc2)[C@@H](OCc2ccccc2)[C@H](OCc2ccccc2)[C@@H]1O.[B]. The molecule has 1 fully saturated rings. The maximum absolute atomic E-state index is 11.0. The summed E-state index contributed by atoms with van der Waals surface area (Å²) in [4.78, 5) is 0. The average Bonchev–Trinajstić information content (AvgIpc) is 2.89. The zero-order chi connectivity index (χ0) is 23.6. The fraction of sp³-hybridized carbons (Fsp3) is 0.333. The number of ether oxygens (including phenoxy) is 3. The number of benzene rings is 3. The smallest absolute Gasteiger partial charge is 0.204 e. The molecule has 6 nitrogen and oxygen atoms in total. The Bertz CT molecular complexity index is 965. The molecule has 0 aliphatic carbocycles. The normalized spacial score (nSPS) is 24.0. The van der Waals surface area contributed by atoms with E-state index in [-0.39, 0.29) is 15.0 Å². The molecule has 5 atom stereocenters. The van der Waals surface area contributed by atoms with Crippen molar-refractivity contribution in [2.24, 2.45) is 0 Å². The fourth-order valence-corrected chi connectivity index (χ4v) is 5.19. The third-order valence-corrected chi connectivity index (χ3v) is 7.15. The van der Waals surface area contributed by atoms with E-state index in [1.807, 2.05) is 91.0 Å². The van der Waals surface area contributed by atoms with Crippen LogP contribution in [-0.4, -0.2) is 51.4 Å². The third-order valence-electron chi connectivity index (χ3n) is 5.58. The van der Waals surface area contributed by atoms with Gasteiger partial charge < -0.3 is 28.4 Å². The van der Waals surface area contributed by atoms with Gasteiger partial charge in [-0.3, -0.25) is 0 Å². The first-order valence-electron chi connectivity index (χ1n) is 11.4. The molecule has 0 amide bonds. The fourth-order valence-electron chi connectivity index (χ4n) is 3.82. The van der Waals surface area contributed by atoms with E-state index in [2.05, 4.69) is 0 Å². The Kier molecular flexibility index (Phi) is 11.4. The molecule has 1 heterocycles. The Balaban J connectivity index is 0.00000342. The lowest BCUT2D eigenvalue weighted by molar-refractivity contribution is -0.176. The third kappa shape index (κ3) is 7.96. The summed E-state index contributed by atoms with van der Waals surface area (Å²) in [6.45, 7) is 1.45. The number of hydrogen-bond donors (Lipinski definition) is 1. The van der Waals surface area contributed by atoms with Crippen molar-refractivity contribution >= 4 is 16.8 Å². The first-order chi connectivity index (χ1) is 16.7. The zero-order valence-electron chi connectivity index (χ0n) is 19.8. The molecule has 3 radical (unpaired) electrons. The van der Waals surface area contributed by atoms with Crippen LogP contribution in [0.5, 0.6) is 0 Å². The zero-order valence-corrected chi connectivity index (χ0v) is 20.7. The molecule has 0 unspecified atom stereocenters. The highest BCUT2D eigenvalue weighted by Gasteiger charge is 2.48. The first-order valence-corrected chi connectivity index (χ1v) is 12.6. The summed E-state index contributed by atoms with van der Waals surface area (Å²) in [5.74, 6) is -0.949. The highest BCUT2D eigenvalue weighted by Crippen LogP contribution is 2.51. The summed E-state index contributed by atoms with van der Waals surface area (Å²) >= 11 is 0. The van der Waals surface area contributed by atoms with Crippen LogP contribution >= 0.6 is 8.38 Å². The topological polar surface area (TPSA) is 66.4 Å². The van der Waals surface area contributed by atoms with Crippen molar-refractivity contribution in [3.8, 4) is 0 Å². The van der Waals surface area contributed by atoms with Crippen molar-refractivity contribution in [1.82, 2.24) is 0 Å². The van der Waals surface area contributed by atoms with Crippen LogP contribution in [0.4, 0.5) is 0 Å². The van der Waals surface area contributed by atoms with E-state index in [1.165, 1.54) is 7.11 Å². The molecule has 35 heavy (non-hydrogen) atoms. The molecule has 1 aliphatic heterocycles. The standard InChI is InChI=1S/C27H31O6P.B/c1-29-34-27(28)26(32-19-23-15-9-4-10-16-23)25(31-18-22-13-7-3-8-14-22)24(33-34)20-30-17-21-11-5-2-6-12-21;/h2-16,24-28H,17-20H2,1H3;/t24-,25-,26+,27-,34-;/m1./s1. The highest BCUT2D eigenvalue weighted by atomic mass is 31.2. The Morgan fingerprint density at radius 3 is 1.66 bits per heavy atom. The predicted molar refractivity (Wildman–Crippen MR) is 137 cm³/mol. The van der Waals surface area contributed by atoms with Gasteiger partial charge in [-0.1, -0.05) is 91.0 Å². The van der Waals surface area contributed by atoms with Crippen LogP contribution in [0, 0.1) is 0 Å². The van der Waals surface area contributed by atoms with E-state index in [0.29, 0.717) is 19.8 Å². The maximum atomic E-state index is 11.0. The molecule has 1 saturated heterocycles. The number of aliphatic hydroxyl groups is 1. The number of rotatable bonds is 11. The van der Waals surface area contributed by atoms with Crippen molar-refractivity contribution in [2.75, 3.05) is 13.7 Å². The van der Waals surface area contributed by atoms with Gasteiger partial charge in [-0.2, -0.15) is 0 Å². The molecule has 0 saturated carbocycles. The van der Waals surface area contributed by atoms with Crippen molar-refractivity contribution in [3.63, 3.8) is 0 Å². The maximum Gasteiger partial charge on any atom is 0.204 e. The van der Waals surface area contributed by atoms with Crippen LogP contribution < -0.4 is 0 Å². The van der Waals surface area contributed by atoms with Crippen LogP contribution in [0.1, 0.15) is 16.7 Å². The monoisotopic (exact) mass is 493 g/mol. The van der Waals surface area contributed by atoms with E-state index < -0.39 is 32.5 Å². The van der Waals surface area contributed by atoms with E-state index in [9.17, 15) is 5.11 Å². The molecule has 3 aromatic carbocycles. The Morgan fingerprint density at radius 2 is 1.17 bits per heavy atom. The molecule has 8 heteroatoms. The lowest BCUT2D eigenvalue weighted by Crippen LogP contribution is -2.53. The van der Waals surface area contributed by atoms with Gasteiger partial charge in [-0.15, -0.1) is 0 Å². The number of hydrogen-bond acceptors (Lipinski definition) is 6. The minimum absolute atomic E-state index is 0. The Labute approximate surface area is 210 Å². The molecule has 0 aromatic heterocycles. The van der Waals surface area contributed by atoms with Gasteiger partial charge in [0.15, 0.2) is 5.85 Å². The van der Waals surface area contributed by atoms with E-state index in [0.717, 1.165) is 16.7 Å². The Hall–Kier alpha value is -2.09. The lowest BCUT2D eigenvalue weighted by Gasteiger charge is -2.43. The summed E-state index contributed by atoms with van der Waals surface area (Å²) < 4.78 is 30.2. The summed E-state index contributed by atoms with van der Waals surface area (Å²) in [7, 11) is -0.0437. The second-order valence-corrected chi connectivity index (χ2v) is 9.72. The molecule has 0 spiro atoms. The van der Waals surface area contributed by atoms with Crippen molar-refractivity contribution in [1.29, 1.82) is 0 Å². The highest BCUT2D eigenvalue weighted by molar-refractivity contribution is 7.48. The van der Waals surface area contributed by atoms with E-state index in [4.69, 9.17) is 23.3 Å². The predicted octanol–water partition coefficient (Wildman–Crippen LogP) is 4.67. The van der Waals surface area contributed by atoms with Crippen LogP contribution in [0.25, 0.3) is 0 Å². The van der Waals surface area contributed by atoms with Crippen molar-refractivity contribution in [2.45, 2.75) is 44.0 Å². The van der Waals surface area contributed by atoms with Gasteiger partial charge in [0.1, 0.15) is 18.3 Å². The molecular formula is C27H31BO6P. The van der Waals surface area contributed by atoms with Gasteiger partial charge in [-0.25, -0.2) is 0 Å². The quantitative estimate of drug-likeness (QED) is 0.310. The molecule has 3 aromatic rings. The molecular weight excluding hydrogens is 462 g/mol. The summed E-state index contributed by atoms with van der Waals surface area (Å²) in [6.07, 6.45) is -1.62. The summed E-state index contributed by atoms with van der Waals surface area (Å²) in [5.41, 5.74) is 3.12. The Morgan fingerprint density at radius 1 is 0.714 bits per heavy atom. The van der Waals surface area contributed by atoms with E-state index >= 15 is 0 Å². The van der Waals surface area contributed by atoms with Crippen LogP contribution in [0.15, 0.2) is 91.0 Å². The van der Waals surface area contributed by atoms with Crippen LogP contribution in [0.3, 0.4) is 0 Å². The molecule has 1 N–H and O–H groups in total. The molecule has 4 rings (SSSR count). The van der Waals surface area contributed by atoms with Crippen molar-refractivity contribution in [3.05, 3.63) is 108 Å². The van der Waals surface area contributed by atoms with Crippen LogP contribution in [-0.2, 0) is 43.1 Å². The second kappa shape index (κ2) is 14.5. The van der Waals surface area contributed by atoms with Gasteiger partial charge in [-0.05, 0) is 16.7 Å². The van der Waals surface area contributed by atoms with Gasteiger partial charge in [0.2, 0.25) is 8.38 Å². The molecule has 1 aliphatic rings. The van der Waals surface area contributed by atoms with Gasteiger partial charge in [0, 0.05) is 15.5 Å². The molecule has 183 valence electrons. The largest absolute Gasteiger partial charge is 0.381 e. The minimum atomic E-state index is -1.58. The first kappa shape index (κ1) is 27.5. The number of aliphatic hydroxyl groups excluding tert-OH is 1. The van der Waals surface area contributed by atoms with Crippen LogP contribution in [0.2, 0.25) is 0 Å². The van der Waals surface area contributed by atoms with Gasteiger partial charge >= 0.3 is 0 Å².